The van der Waals surface area contributed by atoms with Crippen LogP contribution in [-0.2, 0) is 10.0 Å². The molecule has 3 aromatic heterocycles. The number of aromatic nitrogens is 4. The van der Waals surface area contributed by atoms with Gasteiger partial charge < -0.3 is 10.2 Å². The Balaban J connectivity index is 1.33. The molecule has 0 spiro atoms. The zero-order chi connectivity index (χ0) is 22.0. The third-order valence-electron chi connectivity index (χ3n) is 5.27. The van der Waals surface area contributed by atoms with Gasteiger partial charge in [0, 0.05) is 50.3 Å². The van der Waals surface area contributed by atoms with Gasteiger partial charge in [-0.2, -0.15) is 9.40 Å². The standard InChI is InChI=1S/C20H25N7O3S/c1-15-13-16(2)27-19(24-15)17(14-23-27)20(28)22-7-12-31(29,30)26-10-8-25(9-11-26)18-5-3-4-6-21-18/h3-6,13-14H,7-12H2,1-2H3,(H,22,28). The van der Waals surface area contributed by atoms with Gasteiger partial charge in [0.1, 0.15) is 11.4 Å². The number of hydrogen-bond donors (Lipinski definition) is 1. The summed E-state index contributed by atoms with van der Waals surface area (Å²) in [6, 6.07) is 7.56. The minimum Gasteiger partial charge on any atom is -0.354 e. The Morgan fingerprint density at radius 1 is 1.16 bits per heavy atom. The highest BCUT2D eigenvalue weighted by Gasteiger charge is 2.27. The topological polar surface area (TPSA) is 113 Å². The molecular formula is C20H25N7O3S. The van der Waals surface area contributed by atoms with E-state index in [4.69, 9.17) is 0 Å². The summed E-state index contributed by atoms with van der Waals surface area (Å²) in [5.74, 6) is 0.300. The van der Waals surface area contributed by atoms with Crippen LogP contribution in [0.2, 0.25) is 0 Å². The normalized spacial score (nSPS) is 15.4. The smallest absolute Gasteiger partial charge is 0.256 e. The molecule has 0 bridgehead atoms. The van der Waals surface area contributed by atoms with Crippen LogP contribution in [0, 0.1) is 13.8 Å². The molecule has 0 saturated carbocycles. The van der Waals surface area contributed by atoms with Gasteiger partial charge in [-0.05, 0) is 32.0 Å². The van der Waals surface area contributed by atoms with E-state index in [0.29, 0.717) is 37.4 Å². The molecule has 0 unspecified atom stereocenters. The quantitative estimate of drug-likeness (QED) is 0.594. The van der Waals surface area contributed by atoms with Gasteiger partial charge in [0.2, 0.25) is 10.0 Å². The molecule has 0 aromatic carbocycles. The molecule has 4 rings (SSSR count). The van der Waals surface area contributed by atoms with Crippen LogP contribution in [0.5, 0.6) is 0 Å². The molecule has 0 aliphatic carbocycles. The van der Waals surface area contributed by atoms with Crippen molar-refractivity contribution in [2.75, 3.05) is 43.4 Å². The maximum Gasteiger partial charge on any atom is 0.256 e. The molecule has 0 atom stereocenters. The van der Waals surface area contributed by atoms with Crippen LogP contribution in [-0.4, -0.2) is 76.7 Å². The minimum atomic E-state index is -3.47. The molecule has 3 aromatic rings. The van der Waals surface area contributed by atoms with Crippen LogP contribution in [0.4, 0.5) is 5.82 Å². The molecule has 31 heavy (non-hydrogen) atoms. The van der Waals surface area contributed by atoms with E-state index in [2.05, 4.69) is 25.3 Å². The lowest BCUT2D eigenvalue weighted by atomic mass is 10.3. The lowest BCUT2D eigenvalue weighted by Gasteiger charge is -2.34. The van der Waals surface area contributed by atoms with Crippen LogP contribution >= 0.6 is 0 Å². The maximum absolute atomic E-state index is 12.7. The molecule has 0 radical (unpaired) electrons. The number of aryl methyl sites for hydroxylation is 2. The average molecular weight is 444 g/mol. The highest BCUT2D eigenvalue weighted by atomic mass is 32.2. The number of anilines is 1. The van der Waals surface area contributed by atoms with Crippen molar-refractivity contribution >= 4 is 27.4 Å². The molecule has 164 valence electrons. The lowest BCUT2D eigenvalue weighted by molar-refractivity contribution is 0.0957. The number of carbonyl (C=O) groups excluding carboxylic acids is 1. The Bertz CT molecular complexity index is 1190. The van der Waals surface area contributed by atoms with E-state index in [9.17, 15) is 13.2 Å². The maximum atomic E-state index is 12.7. The number of fused-ring (bicyclic) bond motifs is 1. The largest absolute Gasteiger partial charge is 0.354 e. The summed E-state index contributed by atoms with van der Waals surface area (Å²) in [5.41, 5.74) is 2.44. The summed E-state index contributed by atoms with van der Waals surface area (Å²) < 4.78 is 28.5. The van der Waals surface area contributed by atoms with E-state index in [1.165, 1.54) is 10.5 Å². The number of amides is 1. The Kier molecular flexibility index (Phi) is 5.88. The molecule has 1 aliphatic rings. The third-order valence-corrected chi connectivity index (χ3v) is 7.15. The van der Waals surface area contributed by atoms with E-state index < -0.39 is 10.0 Å². The van der Waals surface area contributed by atoms with E-state index in [1.807, 2.05) is 38.1 Å². The molecule has 10 nitrogen and oxygen atoms in total. The monoisotopic (exact) mass is 443 g/mol. The van der Waals surface area contributed by atoms with Gasteiger partial charge in [-0.3, -0.25) is 4.79 Å². The van der Waals surface area contributed by atoms with Crippen LogP contribution in [0.15, 0.2) is 36.7 Å². The zero-order valence-electron chi connectivity index (χ0n) is 17.5. The minimum absolute atomic E-state index is 0.0176. The van der Waals surface area contributed by atoms with E-state index in [0.717, 1.165) is 17.2 Å². The molecule has 1 amide bonds. The fourth-order valence-electron chi connectivity index (χ4n) is 3.68. The number of rotatable bonds is 6. The summed E-state index contributed by atoms with van der Waals surface area (Å²) >= 11 is 0. The van der Waals surface area contributed by atoms with E-state index in [1.54, 1.807) is 10.7 Å². The molecule has 1 saturated heterocycles. The summed E-state index contributed by atoms with van der Waals surface area (Å²) in [7, 11) is -3.47. The number of pyridine rings is 1. The van der Waals surface area contributed by atoms with Gasteiger partial charge >= 0.3 is 0 Å². The Morgan fingerprint density at radius 3 is 2.65 bits per heavy atom. The number of piperazine rings is 1. The zero-order valence-corrected chi connectivity index (χ0v) is 18.3. The number of nitrogens with one attached hydrogen (secondary N) is 1. The number of hydrogen-bond acceptors (Lipinski definition) is 7. The molecule has 1 N–H and O–H groups in total. The van der Waals surface area contributed by atoms with Crippen molar-refractivity contribution in [3.05, 3.63) is 53.6 Å². The van der Waals surface area contributed by atoms with Gasteiger partial charge in [-0.1, -0.05) is 6.07 Å². The van der Waals surface area contributed by atoms with Crippen molar-refractivity contribution in [2.45, 2.75) is 13.8 Å². The second kappa shape index (κ2) is 8.60. The summed E-state index contributed by atoms with van der Waals surface area (Å²) in [5, 5.41) is 6.89. The van der Waals surface area contributed by atoms with Crippen molar-refractivity contribution in [2.24, 2.45) is 0 Å². The molecular weight excluding hydrogens is 418 g/mol. The SMILES string of the molecule is Cc1cc(C)n2ncc(C(=O)NCCS(=O)(=O)N3CCN(c4ccccn4)CC3)c2n1. The van der Waals surface area contributed by atoms with Crippen molar-refractivity contribution < 1.29 is 13.2 Å². The van der Waals surface area contributed by atoms with Gasteiger partial charge in [0.15, 0.2) is 5.65 Å². The average Bonchev–Trinajstić information content (AvgIpc) is 3.18. The van der Waals surface area contributed by atoms with E-state index in [-0.39, 0.29) is 18.2 Å². The van der Waals surface area contributed by atoms with Gasteiger partial charge in [-0.25, -0.2) is 22.9 Å². The molecule has 1 aliphatic heterocycles. The van der Waals surface area contributed by atoms with Crippen molar-refractivity contribution in [3.8, 4) is 0 Å². The number of nitrogens with zero attached hydrogens (tertiary/aromatic N) is 6. The van der Waals surface area contributed by atoms with Crippen molar-refractivity contribution in [1.29, 1.82) is 0 Å². The molecule has 1 fully saturated rings. The summed E-state index contributed by atoms with van der Waals surface area (Å²) in [6.45, 7) is 5.69. The Morgan fingerprint density at radius 2 is 1.94 bits per heavy atom. The first kappa shape index (κ1) is 21.2. The highest BCUT2D eigenvalue weighted by Crippen LogP contribution is 2.15. The van der Waals surface area contributed by atoms with Crippen LogP contribution in [0.1, 0.15) is 21.7 Å². The fourth-order valence-corrected chi connectivity index (χ4v) is 5.02. The fraction of sp³-hybridized carbons (Fsp3) is 0.400. The second-order valence-corrected chi connectivity index (χ2v) is 9.57. The first-order valence-corrected chi connectivity index (χ1v) is 11.7. The van der Waals surface area contributed by atoms with Gasteiger partial charge in [-0.15, -0.1) is 0 Å². The lowest BCUT2D eigenvalue weighted by Crippen LogP contribution is -2.50. The van der Waals surface area contributed by atoms with E-state index >= 15 is 0 Å². The molecule has 11 heteroatoms. The van der Waals surface area contributed by atoms with Gasteiger partial charge in [0.05, 0.1) is 11.9 Å². The summed E-state index contributed by atoms with van der Waals surface area (Å²) in [6.07, 6.45) is 3.18. The number of carbonyl (C=O) groups is 1. The van der Waals surface area contributed by atoms with Gasteiger partial charge in [0.25, 0.3) is 5.91 Å². The summed E-state index contributed by atoms with van der Waals surface area (Å²) in [4.78, 5) is 23.3. The van der Waals surface area contributed by atoms with Crippen LogP contribution in [0.25, 0.3) is 5.65 Å². The predicted molar refractivity (Wildman–Crippen MR) is 117 cm³/mol. The predicted octanol–water partition coefficient (Wildman–Crippen LogP) is 0.623. The first-order valence-electron chi connectivity index (χ1n) is 10.1. The van der Waals surface area contributed by atoms with Crippen LogP contribution < -0.4 is 10.2 Å². The van der Waals surface area contributed by atoms with Crippen molar-refractivity contribution in [3.63, 3.8) is 0 Å². The Hall–Kier alpha value is -3.05. The highest BCUT2D eigenvalue weighted by molar-refractivity contribution is 7.89. The third kappa shape index (κ3) is 4.52. The van der Waals surface area contributed by atoms with Crippen LogP contribution in [0.3, 0.4) is 0 Å². The molecule has 4 heterocycles. The Labute approximate surface area is 181 Å². The number of sulfonamides is 1. The van der Waals surface area contributed by atoms with Crippen molar-refractivity contribution in [1.82, 2.24) is 29.2 Å². The second-order valence-electron chi connectivity index (χ2n) is 7.48. The first-order chi connectivity index (χ1) is 14.8.